The highest BCUT2D eigenvalue weighted by Crippen LogP contribution is 2.32. The van der Waals surface area contributed by atoms with E-state index in [4.69, 9.17) is 9.72 Å². The van der Waals surface area contributed by atoms with Gasteiger partial charge in [0.1, 0.15) is 0 Å². The minimum absolute atomic E-state index is 0.0982. The number of anilines is 2. The van der Waals surface area contributed by atoms with Gasteiger partial charge < -0.3 is 20.1 Å². The molecule has 8 heteroatoms. The number of benzene rings is 2. The Morgan fingerprint density at radius 3 is 2.59 bits per heavy atom. The predicted octanol–water partition coefficient (Wildman–Crippen LogP) is 3.26. The first-order valence-electron chi connectivity index (χ1n) is 10.7. The molecule has 32 heavy (non-hydrogen) atoms. The zero-order valence-corrected chi connectivity index (χ0v) is 18.8. The molecule has 2 heterocycles. The average molecular weight is 437 g/mol. The second-order valence-electron chi connectivity index (χ2n) is 8.22. The van der Waals surface area contributed by atoms with Gasteiger partial charge in [-0.1, -0.05) is 12.1 Å². The molecule has 8 nitrogen and oxygen atoms in total. The monoisotopic (exact) mass is 436 g/mol. The second-order valence-corrected chi connectivity index (χ2v) is 8.22. The lowest BCUT2D eigenvalue weighted by Gasteiger charge is -2.30. The van der Waals surface area contributed by atoms with Gasteiger partial charge in [-0.25, -0.2) is 9.78 Å². The number of rotatable bonds is 5. The maximum atomic E-state index is 13.3. The number of para-hydroxylation sites is 1. The van der Waals surface area contributed by atoms with Crippen LogP contribution in [0.5, 0.6) is 0 Å². The number of hydrogen-bond donors (Lipinski definition) is 2. The van der Waals surface area contributed by atoms with Gasteiger partial charge in [0.2, 0.25) is 5.95 Å². The van der Waals surface area contributed by atoms with E-state index >= 15 is 0 Å². The highest BCUT2D eigenvalue weighted by molar-refractivity contribution is 5.94. The van der Waals surface area contributed by atoms with Crippen LogP contribution in [0.1, 0.15) is 40.0 Å². The fraction of sp³-hybridized carbons (Fsp3) is 0.375. The average Bonchev–Trinajstić information content (AvgIpc) is 2.78. The Kier molecular flexibility index (Phi) is 5.88. The van der Waals surface area contributed by atoms with Crippen LogP contribution in [-0.2, 0) is 11.8 Å². The number of fused-ring (bicyclic) bond motifs is 1. The van der Waals surface area contributed by atoms with E-state index in [0.29, 0.717) is 48.8 Å². The van der Waals surface area contributed by atoms with E-state index in [1.807, 2.05) is 26.8 Å². The van der Waals surface area contributed by atoms with E-state index in [2.05, 4.69) is 10.2 Å². The van der Waals surface area contributed by atoms with Crippen LogP contribution in [0, 0.1) is 13.8 Å². The zero-order chi connectivity index (χ0) is 23.0. The third kappa shape index (κ3) is 3.82. The molecule has 0 spiro atoms. The van der Waals surface area contributed by atoms with Crippen LogP contribution >= 0.6 is 0 Å². The molecule has 0 unspecified atom stereocenters. The summed E-state index contributed by atoms with van der Waals surface area (Å²) in [5.41, 5.74) is 4.19. The molecule has 0 aliphatic carbocycles. The number of aromatic carboxylic acids is 1. The molecule has 0 bridgehead atoms. The van der Waals surface area contributed by atoms with Crippen LogP contribution in [0.4, 0.5) is 11.6 Å². The Hall–Kier alpha value is -3.39. The molecule has 1 saturated heterocycles. The van der Waals surface area contributed by atoms with Gasteiger partial charge in [-0.15, -0.1) is 0 Å². The zero-order valence-electron chi connectivity index (χ0n) is 18.8. The van der Waals surface area contributed by atoms with E-state index in [0.717, 1.165) is 16.7 Å². The van der Waals surface area contributed by atoms with Gasteiger partial charge >= 0.3 is 5.97 Å². The lowest BCUT2D eigenvalue weighted by Crippen LogP contribution is -2.40. The van der Waals surface area contributed by atoms with E-state index < -0.39 is 5.97 Å². The van der Waals surface area contributed by atoms with Crippen LogP contribution < -0.4 is 15.8 Å². The second kappa shape index (κ2) is 8.63. The van der Waals surface area contributed by atoms with Crippen molar-refractivity contribution >= 4 is 28.5 Å². The largest absolute Gasteiger partial charge is 0.478 e. The number of hydrogen-bond acceptors (Lipinski definition) is 6. The molecule has 1 aliphatic heterocycles. The van der Waals surface area contributed by atoms with Crippen LogP contribution in [0.25, 0.3) is 10.9 Å². The summed E-state index contributed by atoms with van der Waals surface area (Å²) < 4.78 is 7.06. The summed E-state index contributed by atoms with van der Waals surface area (Å²) in [6.07, 6.45) is 0. The van der Waals surface area contributed by atoms with Gasteiger partial charge in [0, 0.05) is 31.4 Å². The molecule has 3 aromatic rings. The maximum absolute atomic E-state index is 13.3. The van der Waals surface area contributed by atoms with E-state index in [1.165, 1.54) is 0 Å². The van der Waals surface area contributed by atoms with E-state index in [9.17, 15) is 14.7 Å². The molecule has 0 radical (unpaired) electrons. The van der Waals surface area contributed by atoms with E-state index in [-0.39, 0.29) is 17.2 Å². The predicted molar refractivity (Wildman–Crippen MR) is 125 cm³/mol. The molecule has 2 aromatic carbocycles. The Morgan fingerprint density at radius 2 is 1.91 bits per heavy atom. The number of nitrogens with one attached hydrogen (secondary N) is 1. The Labute approximate surface area is 186 Å². The van der Waals surface area contributed by atoms with Crippen LogP contribution in [0.3, 0.4) is 0 Å². The SMILES string of the molecule is Cc1cc2c(=O)n(C)c(N3CCOCC3)nc2c([C@@H](C)Nc2ccccc2C(=O)O)c1C. The highest BCUT2D eigenvalue weighted by Gasteiger charge is 2.23. The molecule has 1 fully saturated rings. The summed E-state index contributed by atoms with van der Waals surface area (Å²) in [7, 11) is 1.75. The molecule has 1 aromatic heterocycles. The topological polar surface area (TPSA) is 96.7 Å². The van der Waals surface area contributed by atoms with Crippen molar-refractivity contribution in [3.05, 3.63) is 62.9 Å². The molecular formula is C24H28N4O4. The fourth-order valence-corrected chi connectivity index (χ4v) is 4.34. The van der Waals surface area contributed by atoms with Crippen LogP contribution in [-0.4, -0.2) is 46.9 Å². The minimum Gasteiger partial charge on any atom is -0.478 e. The number of carbonyl (C=O) groups is 1. The number of aryl methyl sites for hydroxylation is 1. The third-order valence-corrected chi connectivity index (χ3v) is 6.17. The molecule has 1 atom stereocenters. The van der Waals surface area contributed by atoms with Crippen LogP contribution in [0.15, 0.2) is 35.1 Å². The van der Waals surface area contributed by atoms with Crippen molar-refractivity contribution in [2.75, 3.05) is 36.5 Å². The molecule has 0 amide bonds. The number of carboxylic acid groups (broad SMARTS) is 1. The van der Waals surface area contributed by atoms with Gasteiger partial charge in [0.25, 0.3) is 5.56 Å². The quantitative estimate of drug-likeness (QED) is 0.634. The molecular weight excluding hydrogens is 408 g/mol. The summed E-state index contributed by atoms with van der Waals surface area (Å²) in [6.45, 7) is 8.49. The van der Waals surface area contributed by atoms with Crippen molar-refractivity contribution in [3.63, 3.8) is 0 Å². The van der Waals surface area contributed by atoms with Crippen molar-refractivity contribution in [3.8, 4) is 0 Å². The fourth-order valence-electron chi connectivity index (χ4n) is 4.34. The number of carboxylic acids is 1. The number of nitrogens with zero attached hydrogens (tertiary/aromatic N) is 3. The summed E-state index contributed by atoms with van der Waals surface area (Å²) in [6, 6.07) is 8.45. The third-order valence-electron chi connectivity index (χ3n) is 6.17. The van der Waals surface area contributed by atoms with Crippen molar-refractivity contribution < 1.29 is 14.6 Å². The van der Waals surface area contributed by atoms with Gasteiger partial charge in [-0.3, -0.25) is 9.36 Å². The number of ether oxygens (including phenoxy) is 1. The standard InChI is InChI=1S/C24H28N4O4/c1-14-13-18-21(26-24(27(4)22(18)29)28-9-11-32-12-10-28)20(15(14)2)16(3)25-19-8-6-5-7-17(19)23(30)31/h5-8,13,16,25H,9-12H2,1-4H3,(H,30,31)/t16-/m1/s1. The van der Waals surface area contributed by atoms with Gasteiger partial charge in [-0.2, -0.15) is 0 Å². The summed E-state index contributed by atoms with van der Waals surface area (Å²) in [4.78, 5) is 32.0. The van der Waals surface area contributed by atoms with Crippen molar-refractivity contribution in [2.24, 2.45) is 7.05 Å². The van der Waals surface area contributed by atoms with Crippen LogP contribution in [0.2, 0.25) is 0 Å². The first-order chi connectivity index (χ1) is 15.3. The smallest absolute Gasteiger partial charge is 0.337 e. The molecule has 168 valence electrons. The Bertz CT molecular complexity index is 1240. The molecule has 4 rings (SSSR count). The Balaban J connectivity index is 1.88. The summed E-state index contributed by atoms with van der Waals surface area (Å²) in [5, 5.41) is 13.5. The molecule has 2 N–H and O–H groups in total. The van der Waals surface area contributed by atoms with Gasteiger partial charge in [-0.05, 0) is 50.1 Å². The molecule has 0 saturated carbocycles. The number of aromatic nitrogens is 2. The first kappa shape index (κ1) is 21.8. The highest BCUT2D eigenvalue weighted by atomic mass is 16.5. The first-order valence-corrected chi connectivity index (χ1v) is 10.7. The van der Waals surface area contributed by atoms with E-state index in [1.54, 1.807) is 35.9 Å². The maximum Gasteiger partial charge on any atom is 0.337 e. The summed E-state index contributed by atoms with van der Waals surface area (Å²) >= 11 is 0. The lowest BCUT2D eigenvalue weighted by atomic mass is 9.94. The van der Waals surface area contributed by atoms with Gasteiger partial charge in [0.05, 0.1) is 35.7 Å². The normalized spacial score (nSPS) is 15.1. The minimum atomic E-state index is -0.993. The van der Waals surface area contributed by atoms with Crippen molar-refractivity contribution in [1.82, 2.24) is 9.55 Å². The molecule has 1 aliphatic rings. The lowest BCUT2D eigenvalue weighted by molar-refractivity contribution is 0.0698. The summed E-state index contributed by atoms with van der Waals surface area (Å²) in [5.74, 6) is -0.374. The van der Waals surface area contributed by atoms with Gasteiger partial charge in [0.15, 0.2) is 0 Å². The Morgan fingerprint density at radius 1 is 1.22 bits per heavy atom. The van der Waals surface area contributed by atoms with Crippen molar-refractivity contribution in [2.45, 2.75) is 26.8 Å². The van der Waals surface area contributed by atoms with Crippen molar-refractivity contribution in [1.29, 1.82) is 0 Å². The number of morpholine rings is 1.